The number of benzene rings is 1. The van der Waals surface area contributed by atoms with Gasteiger partial charge in [0, 0.05) is 5.75 Å². The smallest absolute Gasteiger partial charge is 0.120 e. The lowest BCUT2D eigenvalue weighted by molar-refractivity contribution is 0.344. The molecule has 0 saturated heterocycles. The average Bonchev–Trinajstić information content (AvgIpc) is 2.29. The molecule has 1 aromatic rings. The van der Waals surface area contributed by atoms with E-state index in [1.807, 2.05) is 23.9 Å². The summed E-state index contributed by atoms with van der Waals surface area (Å²) in [6, 6.07) is 9.36. The predicted molar refractivity (Wildman–Crippen MR) is 64.3 cm³/mol. The number of nitrogens with zero attached hydrogens (tertiary/aromatic N) is 1. The van der Waals surface area contributed by atoms with E-state index in [0.29, 0.717) is 12.2 Å². The van der Waals surface area contributed by atoms with Crippen LogP contribution in [0.15, 0.2) is 24.3 Å². The van der Waals surface area contributed by atoms with Crippen LogP contribution in [-0.2, 0) is 0 Å². The van der Waals surface area contributed by atoms with Gasteiger partial charge in [-0.25, -0.2) is 0 Å². The van der Waals surface area contributed by atoms with E-state index in [-0.39, 0.29) is 0 Å². The van der Waals surface area contributed by atoms with Crippen LogP contribution in [0.3, 0.4) is 0 Å². The average molecular weight is 221 g/mol. The van der Waals surface area contributed by atoms with Gasteiger partial charge in [0.2, 0.25) is 0 Å². The third-order valence-electron chi connectivity index (χ3n) is 1.81. The van der Waals surface area contributed by atoms with E-state index in [0.717, 1.165) is 11.5 Å². The Morgan fingerprint density at radius 1 is 1.40 bits per heavy atom. The summed E-state index contributed by atoms with van der Waals surface area (Å²) in [6.45, 7) is 2.88. The molecule has 1 rings (SSSR count). The van der Waals surface area contributed by atoms with Gasteiger partial charge in [-0.3, -0.25) is 0 Å². The van der Waals surface area contributed by atoms with Crippen molar-refractivity contribution in [3.05, 3.63) is 29.8 Å². The first-order chi connectivity index (χ1) is 7.36. The summed E-state index contributed by atoms with van der Waals surface area (Å²) >= 11 is 1.89. The highest BCUT2D eigenvalue weighted by atomic mass is 32.2. The van der Waals surface area contributed by atoms with Gasteiger partial charge in [0.05, 0.1) is 18.2 Å². The molecule has 0 fully saturated rings. The van der Waals surface area contributed by atoms with Crippen molar-refractivity contribution < 1.29 is 4.74 Å². The minimum absolute atomic E-state index is 0.647. The maximum Gasteiger partial charge on any atom is 0.120 e. The van der Waals surface area contributed by atoms with Crippen LogP contribution >= 0.6 is 11.8 Å². The fourth-order valence-corrected chi connectivity index (χ4v) is 1.81. The Bertz CT molecular complexity index is 333. The van der Waals surface area contributed by atoms with Crippen LogP contribution < -0.4 is 4.74 Å². The van der Waals surface area contributed by atoms with Crippen LogP contribution in [0, 0.1) is 11.3 Å². The second kappa shape index (κ2) is 7.19. The zero-order chi connectivity index (χ0) is 10.9. The van der Waals surface area contributed by atoms with Gasteiger partial charge in [0.1, 0.15) is 5.75 Å². The molecule has 0 atom stereocenters. The van der Waals surface area contributed by atoms with Gasteiger partial charge in [-0.05, 0) is 30.4 Å². The molecule has 15 heavy (non-hydrogen) atoms. The van der Waals surface area contributed by atoms with Crippen LogP contribution in [-0.4, -0.2) is 18.1 Å². The highest BCUT2D eigenvalue weighted by molar-refractivity contribution is 7.99. The van der Waals surface area contributed by atoms with E-state index < -0.39 is 0 Å². The van der Waals surface area contributed by atoms with Crippen LogP contribution in [0.5, 0.6) is 5.75 Å². The quantitative estimate of drug-likeness (QED) is 0.692. The molecule has 0 radical (unpaired) electrons. The maximum absolute atomic E-state index is 8.69. The zero-order valence-corrected chi connectivity index (χ0v) is 9.72. The molecular weight excluding hydrogens is 206 g/mol. The fourth-order valence-electron chi connectivity index (χ4n) is 1.12. The lowest BCUT2D eigenvalue weighted by atomic mass is 10.2. The molecule has 0 heterocycles. The maximum atomic E-state index is 8.69. The molecule has 0 saturated carbocycles. The molecular formula is C12H15NOS. The van der Waals surface area contributed by atoms with Crippen molar-refractivity contribution in [2.45, 2.75) is 13.3 Å². The Morgan fingerprint density at radius 2 is 2.27 bits per heavy atom. The predicted octanol–water partition coefficient (Wildman–Crippen LogP) is 3.08. The second-order valence-electron chi connectivity index (χ2n) is 3.10. The van der Waals surface area contributed by atoms with Crippen molar-refractivity contribution in [3.63, 3.8) is 0 Å². The Balaban J connectivity index is 2.28. The minimum atomic E-state index is 0.647. The third-order valence-corrected chi connectivity index (χ3v) is 2.96. The monoisotopic (exact) mass is 221 g/mol. The first-order valence-electron chi connectivity index (χ1n) is 5.07. The Morgan fingerprint density at radius 3 is 3.00 bits per heavy atom. The topological polar surface area (TPSA) is 33.0 Å². The van der Waals surface area contributed by atoms with E-state index >= 15 is 0 Å². The van der Waals surface area contributed by atoms with E-state index in [2.05, 4.69) is 13.0 Å². The molecule has 0 unspecified atom stereocenters. The Hall–Kier alpha value is -1.14. The summed E-state index contributed by atoms with van der Waals surface area (Å²) < 4.78 is 5.52. The molecule has 2 nitrogen and oxygen atoms in total. The standard InChI is InChI=1S/C12H15NOS/c1-2-7-15-8-6-14-12-5-3-4-11(9-12)10-13/h3-5,9H,2,6-8H2,1H3. The first kappa shape index (κ1) is 11.9. The molecule has 0 spiro atoms. The lowest BCUT2D eigenvalue weighted by Gasteiger charge is -2.05. The summed E-state index contributed by atoms with van der Waals surface area (Å²) in [5.41, 5.74) is 0.647. The van der Waals surface area contributed by atoms with E-state index in [1.54, 1.807) is 12.1 Å². The van der Waals surface area contributed by atoms with Crippen molar-refractivity contribution in [1.82, 2.24) is 0 Å². The summed E-state index contributed by atoms with van der Waals surface area (Å²) in [6.07, 6.45) is 1.20. The molecule has 80 valence electrons. The molecule has 1 aromatic carbocycles. The third kappa shape index (κ3) is 4.75. The van der Waals surface area contributed by atoms with E-state index in [1.165, 1.54) is 12.2 Å². The number of hydrogen-bond acceptors (Lipinski definition) is 3. The summed E-state index contributed by atoms with van der Waals surface area (Å²) in [4.78, 5) is 0. The van der Waals surface area contributed by atoms with Crippen LogP contribution in [0.2, 0.25) is 0 Å². The van der Waals surface area contributed by atoms with Gasteiger partial charge in [-0.1, -0.05) is 13.0 Å². The van der Waals surface area contributed by atoms with Gasteiger partial charge in [-0.15, -0.1) is 0 Å². The Kier molecular flexibility index (Phi) is 5.72. The molecule has 0 aromatic heterocycles. The van der Waals surface area contributed by atoms with Crippen LogP contribution in [0.4, 0.5) is 0 Å². The van der Waals surface area contributed by atoms with Crippen molar-refractivity contribution in [2.24, 2.45) is 0 Å². The molecule has 0 N–H and O–H groups in total. The molecule has 0 aliphatic carbocycles. The number of ether oxygens (including phenoxy) is 1. The van der Waals surface area contributed by atoms with Gasteiger partial charge < -0.3 is 4.74 Å². The molecule has 0 aliphatic heterocycles. The second-order valence-corrected chi connectivity index (χ2v) is 4.33. The summed E-state index contributed by atoms with van der Waals surface area (Å²) in [5, 5.41) is 8.69. The minimum Gasteiger partial charge on any atom is -0.493 e. The normalized spacial score (nSPS) is 9.60. The zero-order valence-electron chi connectivity index (χ0n) is 8.90. The number of nitriles is 1. The molecule has 0 amide bonds. The van der Waals surface area contributed by atoms with E-state index in [4.69, 9.17) is 10.00 Å². The van der Waals surface area contributed by atoms with Crippen molar-refractivity contribution in [3.8, 4) is 11.8 Å². The molecule has 3 heteroatoms. The van der Waals surface area contributed by atoms with E-state index in [9.17, 15) is 0 Å². The summed E-state index contributed by atoms with van der Waals surface area (Å²) in [7, 11) is 0. The van der Waals surface area contributed by atoms with Gasteiger partial charge in [-0.2, -0.15) is 17.0 Å². The highest BCUT2D eigenvalue weighted by Gasteiger charge is 1.95. The first-order valence-corrected chi connectivity index (χ1v) is 6.23. The molecule has 0 aliphatic rings. The largest absolute Gasteiger partial charge is 0.493 e. The lowest BCUT2D eigenvalue weighted by Crippen LogP contribution is -2.00. The van der Waals surface area contributed by atoms with Crippen molar-refractivity contribution in [2.75, 3.05) is 18.1 Å². The van der Waals surface area contributed by atoms with Gasteiger partial charge >= 0.3 is 0 Å². The highest BCUT2D eigenvalue weighted by Crippen LogP contribution is 2.13. The van der Waals surface area contributed by atoms with Crippen molar-refractivity contribution in [1.29, 1.82) is 5.26 Å². The number of hydrogen-bond donors (Lipinski definition) is 0. The van der Waals surface area contributed by atoms with Gasteiger partial charge in [0.15, 0.2) is 0 Å². The molecule has 0 bridgehead atoms. The Labute approximate surface area is 95.3 Å². The number of rotatable bonds is 6. The number of thioether (sulfide) groups is 1. The van der Waals surface area contributed by atoms with Gasteiger partial charge in [0.25, 0.3) is 0 Å². The van der Waals surface area contributed by atoms with Crippen LogP contribution in [0.25, 0.3) is 0 Å². The van der Waals surface area contributed by atoms with Crippen LogP contribution in [0.1, 0.15) is 18.9 Å². The fraction of sp³-hybridized carbons (Fsp3) is 0.417. The van der Waals surface area contributed by atoms with Crippen molar-refractivity contribution >= 4 is 11.8 Å². The SMILES string of the molecule is CCCSCCOc1cccc(C#N)c1. The summed E-state index contributed by atoms with van der Waals surface area (Å²) in [5.74, 6) is 2.97.